The predicted octanol–water partition coefficient (Wildman–Crippen LogP) is 3.56. The molecule has 0 fully saturated rings. The molecule has 0 spiro atoms. The summed E-state index contributed by atoms with van der Waals surface area (Å²) in [5, 5.41) is 13.3. The Bertz CT molecular complexity index is 747. The highest BCUT2D eigenvalue weighted by molar-refractivity contribution is 9.10. The van der Waals surface area contributed by atoms with Crippen LogP contribution in [0.5, 0.6) is 0 Å². The largest absolute Gasteiger partial charge is 0.339 e. The fourth-order valence-corrected chi connectivity index (χ4v) is 3.90. The minimum absolute atomic E-state index is 0.285. The first-order valence-electron chi connectivity index (χ1n) is 6.39. The lowest BCUT2D eigenvalue weighted by Crippen LogP contribution is -2.12. The molecule has 3 aromatic heterocycles. The molecule has 1 unspecified atom stereocenters. The number of aromatic nitrogens is 4. The first kappa shape index (κ1) is 12.3. The van der Waals surface area contributed by atoms with Crippen molar-refractivity contribution in [2.45, 2.75) is 25.2 Å². The van der Waals surface area contributed by atoms with Crippen molar-refractivity contribution in [2.24, 2.45) is 0 Å². The molecule has 1 atom stereocenters. The maximum Gasteiger partial charge on any atom is 0.230 e. The van der Waals surface area contributed by atoms with Crippen LogP contribution in [-0.2, 0) is 12.8 Å². The van der Waals surface area contributed by atoms with Crippen molar-refractivity contribution in [2.75, 3.05) is 0 Å². The van der Waals surface area contributed by atoms with E-state index in [1.54, 1.807) is 11.3 Å². The fourth-order valence-electron chi connectivity index (χ4n) is 2.55. The number of fused-ring (bicyclic) bond motifs is 1. The van der Waals surface area contributed by atoms with Crippen LogP contribution < -0.4 is 0 Å². The van der Waals surface area contributed by atoms with E-state index < -0.39 is 0 Å². The molecule has 20 heavy (non-hydrogen) atoms. The summed E-state index contributed by atoms with van der Waals surface area (Å²) in [5.41, 5.74) is 2.50. The van der Waals surface area contributed by atoms with Crippen LogP contribution in [-0.4, -0.2) is 20.3 Å². The molecule has 0 saturated carbocycles. The number of halogens is 1. The number of H-pyrrole nitrogens is 1. The zero-order chi connectivity index (χ0) is 13.5. The van der Waals surface area contributed by atoms with Gasteiger partial charge in [0.05, 0.1) is 11.1 Å². The van der Waals surface area contributed by atoms with Crippen molar-refractivity contribution in [1.29, 1.82) is 0 Å². The van der Waals surface area contributed by atoms with E-state index in [9.17, 15) is 0 Å². The van der Waals surface area contributed by atoms with Gasteiger partial charge in [-0.3, -0.25) is 5.10 Å². The van der Waals surface area contributed by atoms with E-state index in [0.29, 0.717) is 5.82 Å². The van der Waals surface area contributed by atoms with Gasteiger partial charge in [-0.15, -0.1) is 11.3 Å². The summed E-state index contributed by atoms with van der Waals surface area (Å²) in [6.07, 6.45) is 4.85. The van der Waals surface area contributed by atoms with Crippen LogP contribution in [0, 0.1) is 0 Å². The maximum absolute atomic E-state index is 5.46. The van der Waals surface area contributed by atoms with Gasteiger partial charge in [0.1, 0.15) is 0 Å². The molecule has 0 aromatic carbocycles. The van der Waals surface area contributed by atoms with Crippen LogP contribution in [0.1, 0.15) is 29.5 Å². The van der Waals surface area contributed by atoms with Gasteiger partial charge < -0.3 is 4.52 Å². The van der Waals surface area contributed by atoms with E-state index in [1.165, 1.54) is 11.3 Å². The Labute approximate surface area is 127 Å². The number of nitrogens with zero attached hydrogens (tertiary/aromatic N) is 3. The Balaban J connectivity index is 1.60. The van der Waals surface area contributed by atoms with E-state index in [1.807, 2.05) is 17.6 Å². The van der Waals surface area contributed by atoms with Crippen LogP contribution in [0.2, 0.25) is 0 Å². The molecule has 1 aliphatic rings. The summed E-state index contributed by atoms with van der Waals surface area (Å²) < 4.78 is 6.50. The molecule has 0 saturated heterocycles. The molecule has 0 radical (unpaired) electrons. The SMILES string of the molecule is Brc1csc(-c2noc(C3CCc4cn[nH]c4C3)n2)c1. The van der Waals surface area contributed by atoms with Crippen molar-refractivity contribution < 1.29 is 4.52 Å². The molecule has 3 aromatic rings. The van der Waals surface area contributed by atoms with E-state index in [4.69, 9.17) is 4.52 Å². The van der Waals surface area contributed by atoms with Crippen molar-refractivity contribution in [3.63, 3.8) is 0 Å². The van der Waals surface area contributed by atoms with Gasteiger partial charge >= 0.3 is 0 Å². The Morgan fingerprint density at radius 1 is 1.45 bits per heavy atom. The highest BCUT2D eigenvalue weighted by atomic mass is 79.9. The fraction of sp³-hybridized carbons (Fsp3) is 0.308. The maximum atomic E-state index is 5.46. The first-order chi connectivity index (χ1) is 9.79. The van der Waals surface area contributed by atoms with Crippen molar-refractivity contribution in [3.8, 4) is 10.7 Å². The highest BCUT2D eigenvalue weighted by Gasteiger charge is 2.26. The lowest BCUT2D eigenvalue weighted by molar-refractivity contribution is 0.340. The van der Waals surface area contributed by atoms with Gasteiger partial charge in [0.25, 0.3) is 0 Å². The molecular weight excluding hydrogens is 340 g/mol. The lowest BCUT2D eigenvalue weighted by Gasteiger charge is -2.17. The van der Waals surface area contributed by atoms with Gasteiger partial charge in [-0.1, -0.05) is 5.16 Å². The molecule has 7 heteroatoms. The smallest absolute Gasteiger partial charge is 0.230 e. The Hall–Kier alpha value is -1.47. The first-order valence-corrected chi connectivity index (χ1v) is 8.06. The van der Waals surface area contributed by atoms with Crippen LogP contribution >= 0.6 is 27.3 Å². The van der Waals surface area contributed by atoms with Crippen molar-refractivity contribution >= 4 is 27.3 Å². The zero-order valence-corrected chi connectivity index (χ0v) is 12.9. The molecule has 0 amide bonds. The van der Waals surface area contributed by atoms with Crippen LogP contribution in [0.3, 0.4) is 0 Å². The Morgan fingerprint density at radius 3 is 3.25 bits per heavy atom. The Kier molecular flexibility index (Phi) is 2.96. The standard InChI is InChI=1S/C13H11BrN4OS/c14-9-4-11(20-6-9)12-16-13(19-18-12)7-1-2-8-5-15-17-10(8)3-7/h4-7H,1-3H2,(H,15,17). The minimum Gasteiger partial charge on any atom is -0.339 e. The third-order valence-electron chi connectivity index (χ3n) is 3.60. The third-order valence-corrected chi connectivity index (χ3v) is 5.29. The average Bonchev–Trinajstić information content (AvgIpc) is 3.17. The van der Waals surface area contributed by atoms with Gasteiger partial charge in [0, 0.05) is 27.9 Å². The molecule has 4 rings (SSSR count). The third kappa shape index (κ3) is 2.10. The second-order valence-corrected chi connectivity index (χ2v) is 6.73. The molecular formula is C13H11BrN4OS. The van der Waals surface area contributed by atoms with Gasteiger partial charge in [-0.05, 0) is 40.4 Å². The van der Waals surface area contributed by atoms with Gasteiger partial charge in [0.2, 0.25) is 11.7 Å². The number of hydrogen-bond donors (Lipinski definition) is 1. The van der Waals surface area contributed by atoms with Gasteiger partial charge in [-0.25, -0.2) is 0 Å². The minimum atomic E-state index is 0.285. The normalized spacial score (nSPS) is 18.1. The second kappa shape index (κ2) is 4.82. The quantitative estimate of drug-likeness (QED) is 0.767. The predicted molar refractivity (Wildman–Crippen MR) is 78.7 cm³/mol. The summed E-state index contributed by atoms with van der Waals surface area (Å²) in [7, 11) is 0. The van der Waals surface area contributed by atoms with Gasteiger partial charge in [0.15, 0.2) is 0 Å². The number of aryl methyl sites for hydroxylation is 1. The molecule has 1 N–H and O–H groups in total. The molecule has 0 aliphatic heterocycles. The molecule has 102 valence electrons. The van der Waals surface area contributed by atoms with Crippen molar-refractivity contribution in [1.82, 2.24) is 20.3 Å². The Morgan fingerprint density at radius 2 is 2.40 bits per heavy atom. The van der Waals surface area contributed by atoms with E-state index in [0.717, 1.165) is 34.5 Å². The molecule has 5 nitrogen and oxygen atoms in total. The van der Waals surface area contributed by atoms with E-state index >= 15 is 0 Å². The molecule has 1 aliphatic carbocycles. The monoisotopic (exact) mass is 350 g/mol. The number of thiophene rings is 1. The number of nitrogens with one attached hydrogen (secondary N) is 1. The highest BCUT2D eigenvalue weighted by Crippen LogP contribution is 2.33. The zero-order valence-electron chi connectivity index (χ0n) is 10.5. The molecule has 0 bridgehead atoms. The van der Waals surface area contributed by atoms with E-state index in [-0.39, 0.29) is 5.92 Å². The average molecular weight is 351 g/mol. The van der Waals surface area contributed by atoms with Crippen LogP contribution in [0.15, 0.2) is 26.6 Å². The molecule has 3 heterocycles. The van der Waals surface area contributed by atoms with Gasteiger partial charge in [-0.2, -0.15) is 10.1 Å². The summed E-state index contributed by atoms with van der Waals surface area (Å²) in [6.45, 7) is 0. The summed E-state index contributed by atoms with van der Waals surface area (Å²) in [4.78, 5) is 5.57. The lowest BCUT2D eigenvalue weighted by atomic mass is 9.88. The van der Waals surface area contributed by atoms with Crippen LogP contribution in [0.4, 0.5) is 0 Å². The summed E-state index contributed by atoms with van der Waals surface area (Å²) >= 11 is 5.04. The summed E-state index contributed by atoms with van der Waals surface area (Å²) in [6, 6.07) is 2.01. The second-order valence-electron chi connectivity index (χ2n) is 4.90. The van der Waals surface area contributed by atoms with E-state index in [2.05, 4.69) is 36.3 Å². The topological polar surface area (TPSA) is 67.6 Å². The number of hydrogen-bond acceptors (Lipinski definition) is 5. The van der Waals surface area contributed by atoms with Crippen LogP contribution in [0.25, 0.3) is 10.7 Å². The summed E-state index contributed by atoms with van der Waals surface area (Å²) in [5.74, 6) is 1.68. The number of rotatable bonds is 2. The van der Waals surface area contributed by atoms with Crippen molar-refractivity contribution in [3.05, 3.63) is 39.3 Å². The number of aromatic amines is 1.